The highest BCUT2D eigenvalue weighted by Crippen LogP contribution is 2.19. The van der Waals surface area contributed by atoms with Crippen molar-refractivity contribution in [1.29, 1.82) is 0 Å². The van der Waals surface area contributed by atoms with Crippen molar-refractivity contribution in [2.24, 2.45) is 0 Å². The highest BCUT2D eigenvalue weighted by Gasteiger charge is 2.15. The molecule has 1 aliphatic rings. The molecule has 0 bridgehead atoms. The summed E-state index contributed by atoms with van der Waals surface area (Å²) in [6, 6.07) is 0. The molecule has 1 aliphatic heterocycles. The van der Waals surface area contributed by atoms with Gasteiger partial charge in [0.15, 0.2) is 0 Å². The minimum Gasteiger partial charge on any atom is -0.392 e. The molecule has 0 radical (unpaired) electrons. The molecule has 10 heavy (non-hydrogen) atoms. The molecule has 1 N–H and O–H groups in total. The van der Waals surface area contributed by atoms with Crippen LogP contribution in [0.5, 0.6) is 0 Å². The van der Waals surface area contributed by atoms with Crippen LogP contribution in [0.25, 0.3) is 0 Å². The van der Waals surface area contributed by atoms with Gasteiger partial charge in [0.05, 0.1) is 19.3 Å². The maximum atomic E-state index is 8.89. The Labute approximate surface area is 61.5 Å². The molecule has 0 aromatic carbocycles. The zero-order valence-corrected chi connectivity index (χ0v) is 6.55. The van der Waals surface area contributed by atoms with E-state index in [1.54, 1.807) is 0 Å². The van der Waals surface area contributed by atoms with Gasteiger partial charge in [-0.2, -0.15) is 0 Å². The zero-order valence-electron chi connectivity index (χ0n) is 6.55. The summed E-state index contributed by atoms with van der Waals surface area (Å²) in [4.78, 5) is 0. The van der Waals surface area contributed by atoms with E-state index in [4.69, 9.17) is 9.84 Å². The minimum atomic E-state index is 0.124. The molecule has 0 fully saturated rings. The van der Waals surface area contributed by atoms with E-state index in [9.17, 15) is 0 Å². The van der Waals surface area contributed by atoms with E-state index in [-0.39, 0.29) is 12.7 Å². The van der Waals surface area contributed by atoms with Gasteiger partial charge >= 0.3 is 0 Å². The molecule has 0 saturated carbocycles. The molecular formula is C8H14O2. The fraction of sp³-hybridized carbons (Fsp3) is 0.750. The van der Waals surface area contributed by atoms with Crippen molar-refractivity contribution < 1.29 is 9.84 Å². The molecule has 2 heteroatoms. The average Bonchev–Trinajstić information content (AvgIpc) is 1.88. The number of hydrogen-bond donors (Lipinski definition) is 1. The third-order valence-corrected chi connectivity index (χ3v) is 2.05. The monoisotopic (exact) mass is 142 g/mol. The Bertz CT molecular complexity index is 149. The van der Waals surface area contributed by atoms with E-state index in [0.717, 1.165) is 18.6 Å². The molecule has 1 rings (SSSR count). The van der Waals surface area contributed by atoms with Gasteiger partial charge in [-0.1, -0.05) is 5.57 Å². The summed E-state index contributed by atoms with van der Waals surface area (Å²) >= 11 is 0. The Kier molecular flexibility index (Phi) is 2.46. The summed E-state index contributed by atoms with van der Waals surface area (Å²) < 4.78 is 5.33. The van der Waals surface area contributed by atoms with Gasteiger partial charge in [0.25, 0.3) is 0 Å². The van der Waals surface area contributed by atoms with Crippen molar-refractivity contribution in [3.8, 4) is 0 Å². The van der Waals surface area contributed by atoms with E-state index in [2.05, 4.69) is 6.92 Å². The van der Waals surface area contributed by atoms with Gasteiger partial charge in [-0.25, -0.2) is 0 Å². The van der Waals surface area contributed by atoms with Gasteiger partial charge in [-0.3, -0.25) is 0 Å². The number of ether oxygens (including phenoxy) is 1. The highest BCUT2D eigenvalue weighted by molar-refractivity contribution is 5.18. The van der Waals surface area contributed by atoms with Crippen LogP contribution in [0.1, 0.15) is 20.3 Å². The SMILES string of the molecule is CC1=C(CO)[C@@H](C)OCC1. The first-order valence-corrected chi connectivity index (χ1v) is 3.66. The summed E-state index contributed by atoms with van der Waals surface area (Å²) in [5.74, 6) is 0. The number of aliphatic hydroxyl groups is 1. The Hall–Kier alpha value is -0.340. The first kappa shape index (κ1) is 7.76. The smallest absolute Gasteiger partial charge is 0.0781 e. The molecule has 58 valence electrons. The molecule has 0 unspecified atom stereocenters. The number of rotatable bonds is 1. The lowest BCUT2D eigenvalue weighted by Gasteiger charge is -2.23. The summed E-state index contributed by atoms with van der Waals surface area (Å²) in [5, 5.41) is 8.89. The summed E-state index contributed by atoms with van der Waals surface area (Å²) in [5.41, 5.74) is 2.35. The van der Waals surface area contributed by atoms with Crippen LogP contribution in [0, 0.1) is 0 Å². The van der Waals surface area contributed by atoms with Crippen molar-refractivity contribution >= 4 is 0 Å². The lowest BCUT2D eigenvalue weighted by Crippen LogP contribution is -2.21. The van der Waals surface area contributed by atoms with Gasteiger partial charge in [0.1, 0.15) is 0 Å². The lowest BCUT2D eigenvalue weighted by molar-refractivity contribution is 0.0704. The third kappa shape index (κ3) is 1.39. The number of aliphatic hydroxyl groups excluding tert-OH is 1. The van der Waals surface area contributed by atoms with E-state index in [1.165, 1.54) is 5.57 Å². The first-order valence-electron chi connectivity index (χ1n) is 3.66. The topological polar surface area (TPSA) is 29.5 Å². The van der Waals surface area contributed by atoms with Crippen molar-refractivity contribution in [2.45, 2.75) is 26.4 Å². The Balaban J connectivity index is 2.73. The lowest BCUT2D eigenvalue weighted by atomic mass is 10.0. The molecule has 0 aliphatic carbocycles. The quantitative estimate of drug-likeness (QED) is 0.555. The average molecular weight is 142 g/mol. The van der Waals surface area contributed by atoms with Crippen molar-refractivity contribution in [3.05, 3.63) is 11.1 Å². The summed E-state index contributed by atoms with van der Waals surface area (Å²) in [6.07, 6.45) is 1.10. The summed E-state index contributed by atoms with van der Waals surface area (Å²) in [6.45, 7) is 4.99. The first-order chi connectivity index (χ1) is 4.75. The van der Waals surface area contributed by atoms with Crippen molar-refractivity contribution in [2.75, 3.05) is 13.2 Å². The third-order valence-electron chi connectivity index (χ3n) is 2.05. The molecule has 0 aromatic rings. The van der Waals surface area contributed by atoms with Crippen LogP contribution in [0.3, 0.4) is 0 Å². The van der Waals surface area contributed by atoms with Crippen LogP contribution in [-0.2, 0) is 4.74 Å². The van der Waals surface area contributed by atoms with Crippen LogP contribution >= 0.6 is 0 Å². The standard InChI is InChI=1S/C8H14O2/c1-6-3-4-10-7(2)8(6)5-9/h7,9H,3-5H2,1-2H3/t7-/m1/s1. The van der Waals surface area contributed by atoms with Crippen LogP contribution in [-0.4, -0.2) is 24.4 Å². The van der Waals surface area contributed by atoms with Crippen LogP contribution in [0.4, 0.5) is 0 Å². The van der Waals surface area contributed by atoms with Gasteiger partial charge in [-0.15, -0.1) is 0 Å². The van der Waals surface area contributed by atoms with Gasteiger partial charge in [-0.05, 0) is 25.8 Å². The second-order valence-electron chi connectivity index (χ2n) is 2.73. The van der Waals surface area contributed by atoms with E-state index in [1.807, 2.05) is 6.92 Å². The Morgan fingerprint density at radius 2 is 2.40 bits per heavy atom. The zero-order chi connectivity index (χ0) is 7.56. The Morgan fingerprint density at radius 1 is 1.70 bits per heavy atom. The largest absolute Gasteiger partial charge is 0.392 e. The van der Waals surface area contributed by atoms with E-state index < -0.39 is 0 Å². The maximum absolute atomic E-state index is 8.89. The van der Waals surface area contributed by atoms with Gasteiger partial charge in [0.2, 0.25) is 0 Å². The summed E-state index contributed by atoms with van der Waals surface area (Å²) in [7, 11) is 0. The molecule has 0 amide bonds. The molecule has 2 nitrogen and oxygen atoms in total. The van der Waals surface area contributed by atoms with Crippen molar-refractivity contribution in [3.63, 3.8) is 0 Å². The molecule has 0 saturated heterocycles. The molecule has 1 heterocycles. The van der Waals surface area contributed by atoms with E-state index >= 15 is 0 Å². The highest BCUT2D eigenvalue weighted by atomic mass is 16.5. The second-order valence-corrected chi connectivity index (χ2v) is 2.73. The predicted molar refractivity (Wildman–Crippen MR) is 39.8 cm³/mol. The van der Waals surface area contributed by atoms with Crippen LogP contribution in [0.15, 0.2) is 11.1 Å². The van der Waals surface area contributed by atoms with Crippen LogP contribution < -0.4 is 0 Å². The molecule has 1 atom stereocenters. The van der Waals surface area contributed by atoms with Gasteiger partial charge in [0, 0.05) is 0 Å². The number of hydrogen-bond acceptors (Lipinski definition) is 2. The van der Waals surface area contributed by atoms with Crippen LogP contribution in [0.2, 0.25) is 0 Å². The van der Waals surface area contributed by atoms with Gasteiger partial charge < -0.3 is 9.84 Å². The fourth-order valence-corrected chi connectivity index (χ4v) is 1.26. The van der Waals surface area contributed by atoms with E-state index in [0.29, 0.717) is 0 Å². The normalized spacial score (nSPS) is 27.3. The maximum Gasteiger partial charge on any atom is 0.0781 e. The fourth-order valence-electron chi connectivity index (χ4n) is 1.26. The minimum absolute atomic E-state index is 0.124. The molecule has 0 aromatic heterocycles. The molecule has 0 spiro atoms. The Morgan fingerprint density at radius 3 is 2.80 bits per heavy atom. The predicted octanol–water partition coefficient (Wildman–Crippen LogP) is 1.10. The van der Waals surface area contributed by atoms with Crippen molar-refractivity contribution in [1.82, 2.24) is 0 Å². The second kappa shape index (κ2) is 3.17. The molecular weight excluding hydrogens is 128 g/mol.